The van der Waals surface area contributed by atoms with Crippen LogP contribution in [0.1, 0.15) is 32.6 Å². The molecule has 2 aromatic rings. The van der Waals surface area contributed by atoms with Gasteiger partial charge in [-0.15, -0.1) is 11.6 Å². The van der Waals surface area contributed by atoms with Crippen molar-refractivity contribution in [3.63, 3.8) is 0 Å². The average molecular weight is 829 g/mol. The molecule has 0 radical (unpaired) electrons. The summed E-state index contributed by atoms with van der Waals surface area (Å²) in [6.07, 6.45) is -1.32. The minimum Gasteiger partial charge on any atom is -0.370 e. The summed E-state index contributed by atoms with van der Waals surface area (Å²) in [5, 5.41) is 20.2. The minimum atomic E-state index is -1.32. The SMILES string of the molecule is NC1=N[C@@H](O)[C@@]2(N1)[C@@H](Cl)[C@H](CNC(=O)c1cc(Br)c(Br)[nH]1)[C@H]1CN3C(=O)c4[nH]c(Br)c(Br)c4[C@@H]4N=C(N)N[C@@]43[C@@H]12. The van der Waals surface area contributed by atoms with Crippen molar-refractivity contribution in [3.05, 3.63) is 41.2 Å². The number of aliphatic imine (C=N–C) groups is 2. The van der Waals surface area contributed by atoms with Crippen LogP contribution in [0.15, 0.2) is 34.2 Å². The van der Waals surface area contributed by atoms with Crippen LogP contribution >= 0.6 is 75.3 Å². The quantitative estimate of drug-likeness (QED) is 0.214. The van der Waals surface area contributed by atoms with Gasteiger partial charge in [-0.25, -0.2) is 9.98 Å². The predicted molar refractivity (Wildman–Crippen MR) is 160 cm³/mol. The van der Waals surface area contributed by atoms with E-state index >= 15 is 0 Å². The molecule has 1 saturated carbocycles. The Morgan fingerprint density at radius 3 is 2.55 bits per heavy atom. The van der Waals surface area contributed by atoms with Crippen LogP contribution in [0, 0.1) is 17.8 Å². The number of nitrogens with one attached hydrogen (secondary N) is 5. The fourth-order valence-corrected chi connectivity index (χ4v) is 9.62. The van der Waals surface area contributed by atoms with Gasteiger partial charge in [0.15, 0.2) is 18.1 Å². The first kappa shape index (κ1) is 27.1. The largest absolute Gasteiger partial charge is 0.370 e. The Hall–Kier alpha value is -1.79. The fourth-order valence-electron chi connectivity index (χ4n) is 7.46. The molecule has 2 spiro atoms. The molecule has 0 unspecified atom stereocenters. The van der Waals surface area contributed by atoms with Crippen LogP contribution in [-0.2, 0) is 0 Å². The van der Waals surface area contributed by atoms with Crippen LogP contribution in [0.5, 0.6) is 0 Å². The van der Waals surface area contributed by atoms with Gasteiger partial charge >= 0.3 is 0 Å². The molecule has 1 saturated heterocycles. The van der Waals surface area contributed by atoms with Gasteiger partial charge in [0, 0.05) is 30.5 Å². The van der Waals surface area contributed by atoms with Crippen molar-refractivity contribution in [2.24, 2.45) is 39.2 Å². The Morgan fingerprint density at radius 1 is 1.18 bits per heavy atom. The molecule has 2 aromatic heterocycles. The molecular formula is C22H21Br4ClN10O3. The monoisotopic (exact) mass is 824 g/mol. The van der Waals surface area contributed by atoms with Gasteiger partial charge in [0.05, 0.1) is 23.5 Å². The van der Waals surface area contributed by atoms with E-state index in [1.54, 1.807) is 11.0 Å². The Morgan fingerprint density at radius 2 is 1.90 bits per heavy atom. The molecule has 0 aromatic carbocycles. The van der Waals surface area contributed by atoms with Gasteiger partial charge in [-0.1, -0.05) is 0 Å². The minimum absolute atomic E-state index is 0.0364. The molecule has 2 fully saturated rings. The molecule has 40 heavy (non-hydrogen) atoms. The van der Waals surface area contributed by atoms with Crippen LogP contribution in [-0.4, -0.2) is 79.6 Å². The van der Waals surface area contributed by atoms with E-state index in [2.05, 4.69) is 94.6 Å². The number of carbonyl (C=O) groups is 2. The topological polar surface area (TPSA) is 202 Å². The molecule has 4 aliphatic heterocycles. The number of aliphatic hydroxyl groups excluding tert-OH is 1. The number of H-pyrrole nitrogens is 2. The third kappa shape index (κ3) is 3.27. The number of aromatic amines is 2. The Kier molecular flexibility index (Phi) is 5.99. The van der Waals surface area contributed by atoms with Gasteiger partial charge in [-0.2, -0.15) is 0 Å². The number of halogens is 5. The van der Waals surface area contributed by atoms with Crippen molar-refractivity contribution < 1.29 is 14.7 Å². The molecular weight excluding hydrogens is 807 g/mol. The van der Waals surface area contributed by atoms with Crippen LogP contribution < -0.4 is 27.4 Å². The van der Waals surface area contributed by atoms with Gasteiger partial charge in [-0.05, 0) is 75.7 Å². The fraction of sp³-hybridized carbons (Fsp3) is 0.455. The maximum absolute atomic E-state index is 14.0. The Bertz CT molecular complexity index is 1540. The highest BCUT2D eigenvalue weighted by Gasteiger charge is 2.79. The third-order valence-corrected chi connectivity index (χ3v) is 13.2. The molecule has 1 aliphatic carbocycles. The second-order valence-electron chi connectivity index (χ2n) is 10.5. The summed E-state index contributed by atoms with van der Waals surface area (Å²) < 4.78 is 2.60. The number of carbonyl (C=O) groups excluding carboxylic acids is 2. The van der Waals surface area contributed by atoms with Gasteiger partial charge in [0.2, 0.25) is 0 Å². The van der Waals surface area contributed by atoms with Crippen molar-refractivity contribution in [3.8, 4) is 0 Å². The molecule has 5 aliphatic rings. The maximum Gasteiger partial charge on any atom is 0.272 e. The second-order valence-corrected chi connectivity index (χ2v) is 14.2. The van der Waals surface area contributed by atoms with E-state index in [0.717, 1.165) is 0 Å². The number of hydrogen-bond donors (Lipinski definition) is 8. The van der Waals surface area contributed by atoms with E-state index in [0.29, 0.717) is 35.1 Å². The number of fused-ring (bicyclic) bond motifs is 4. The number of aliphatic hydroxyl groups is 1. The zero-order valence-electron chi connectivity index (χ0n) is 20.1. The molecule has 0 bridgehead atoms. The van der Waals surface area contributed by atoms with Crippen molar-refractivity contribution in [1.82, 2.24) is 30.8 Å². The Balaban J connectivity index is 1.33. The van der Waals surface area contributed by atoms with Crippen molar-refractivity contribution in [2.45, 2.75) is 28.8 Å². The lowest BCUT2D eigenvalue weighted by Gasteiger charge is -2.51. The lowest BCUT2D eigenvalue weighted by Crippen LogP contribution is -2.73. The first-order valence-electron chi connectivity index (χ1n) is 12.2. The number of nitrogens with two attached hydrogens (primary N) is 2. The zero-order valence-corrected chi connectivity index (χ0v) is 27.2. The number of aromatic nitrogens is 2. The maximum atomic E-state index is 14.0. The number of amides is 2. The van der Waals surface area contributed by atoms with E-state index in [4.69, 9.17) is 28.1 Å². The van der Waals surface area contributed by atoms with E-state index in [1.165, 1.54) is 0 Å². The normalized spacial score (nSPS) is 37.0. The molecule has 18 heteroatoms. The number of alkyl halides is 1. The molecule has 7 rings (SSSR count). The second kappa shape index (κ2) is 8.86. The van der Waals surface area contributed by atoms with E-state index in [9.17, 15) is 14.7 Å². The van der Waals surface area contributed by atoms with Gasteiger partial charge in [0.1, 0.15) is 28.6 Å². The van der Waals surface area contributed by atoms with Gasteiger partial charge < -0.3 is 47.4 Å². The highest BCUT2D eigenvalue weighted by molar-refractivity contribution is 9.13. The van der Waals surface area contributed by atoms with E-state index in [-0.39, 0.29) is 42.7 Å². The molecule has 13 nitrogen and oxygen atoms in total. The first-order valence-corrected chi connectivity index (χ1v) is 15.8. The summed E-state index contributed by atoms with van der Waals surface area (Å²) in [7, 11) is 0. The standard InChI is InChI=1S/C22H21Br4ClN10O3/c23-6-1-7(31-14(6)25)16(38)30-2-4-5-3-37-17(39)10-8(9(24)15(26)32-10)13-22(37,36-19(28)33-13)11(5)21(12(4)27)18(40)34-20(29)35-21/h1,4-5,11-13,18,31-32,40H,2-3H2,(H,30,38)(H3,28,33,36)(H3,29,34,35)/t4-,5-,11+,12+,13+,18+,21+,22-/m1/s1. The van der Waals surface area contributed by atoms with E-state index in [1.807, 2.05) is 0 Å². The van der Waals surface area contributed by atoms with Crippen LogP contribution in [0.4, 0.5) is 0 Å². The summed E-state index contributed by atoms with van der Waals surface area (Å²) >= 11 is 21.0. The lowest BCUT2D eigenvalue weighted by atomic mass is 9.70. The summed E-state index contributed by atoms with van der Waals surface area (Å²) in [4.78, 5) is 43.8. The van der Waals surface area contributed by atoms with Gasteiger partial charge in [0.25, 0.3) is 11.8 Å². The lowest BCUT2D eigenvalue weighted by molar-refractivity contribution is -0.0124. The summed E-state index contributed by atoms with van der Waals surface area (Å²) in [5.41, 5.74) is 11.3. The summed E-state index contributed by atoms with van der Waals surface area (Å²) in [6.45, 7) is 0.432. The van der Waals surface area contributed by atoms with Crippen LogP contribution in [0.25, 0.3) is 0 Å². The van der Waals surface area contributed by atoms with Crippen molar-refractivity contribution in [1.29, 1.82) is 0 Å². The smallest absolute Gasteiger partial charge is 0.272 e. The highest BCUT2D eigenvalue weighted by Crippen LogP contribution is 2.65. The van der Waals surface area contributed by atoms with Crippen molar-refractivity contribution >= 4 is 99.1 Å². The number of guanidine groups is 2. The number of hydrogen-bond acceptors (Lipinski definition) is 9. The van der Waals surface area contributed by atoms with Crippen LogP contribution in [0.3, 0.4) is 0 Å². The Labute approximate surface area is 265 Å². The van der Waals surface area contributed by atoms with E-state index < -0.39 is 40.7 Å². The summed E-state index contributed by atoms with van der Waals surface area (Å²) in [6, 6.07) is 1.03. The van der Waals surface area contributed by atoms with Crippen LogP contribution in [0.2, 0.25) is 0 Å². The summed E-state index contributed by atoms with van der Waals surface area (Å²) in [5.74, 6) is -1.66. The zero-order chi connectivity index (χ0) is 28.5. The third-order valence-electron chi connectivity index (χ3n) is 8.82. The number of nitrogens with zero attached hydrogens (tertiary/aromatic N) is 3. The molecule has 10 N–H and O–H groups in total. The predicted octanol–water partition coefficient (Wildman–Crippen LogP) is 1.39. The molecule has 8 atom stereocenters. The molecule has 2 amide bonds. The molecule has 6 heterocycles. The van der Waals surface area contributed by atoms with Gasteiger partial charge in [-0.3, -0.25) is 9.59 Å². The van der Waals surface area contributed by atoms with Crippen molar-refractivity contribution in [2.75, 3.05) is 13.1 Å². The first-order chi connectivity index (χ1) is 18.9. The average Bonchev–Trinajstić information content (AvgIpc) is 3.69. The molecule has 212 valence electrons. The highest BCUT2D eigenvalue weighted by atomic mass is 79.9. The number of rotatable bonds is 3.